The number of ether oxygens (including phenoxy) is 5. The Morgan fingerprint density at radius 3 is 2.47 bits per heavy atom. The van der Waals surface area contributed by atoms with Crippen LogP contribution in [0.2, 0.25) is 0 Å². The number of fused-ring (bicyclic) bond motifs is 4. The van der Waals surface area contributed by atoms with Gasteiger partial charge in [0.2, 0.25) is 6.10 Å². The SMILES string of the molecule is CC[C@H]1OC(=O)[C@H](C)C(=O)[C@H](C)[C@@H](O[C@@H]2O[C@H](C)C[C@H](N(C)C)[C@H]2O)[C@@]2(C)C[C@@H](C)C3=NC(=O)C(Cc4ccc(-c5cccnc5)s4)O/N=C(/CO[C@H]([C@H]3C)[C@]1(C)O)CO2. The van der Waals surface area contributed by atoms with Crippen LogP contribution in [0.15, 0.2) is 46.8 Å². The fourth-order valence-corrected chi connectivity index (χ4v) is 10.3. The summed E-state index contributed by atoms with van der Waals surface area (Å²) in [6.45, 7) is 13.5. The van der Waals surface area contributed by atoms with E-state index < -0.39 is 89.3 Å². The van der Waals surface area contributed by atoms with Crippen LogP contribution in [0, 0.1) is 23.7 Å². The zero-order chi connectivity index (χ0) is 43.7. The van der Waals surface area contributed by atoms with Crippen molar-refractivity contribution in [2.24, 2.45) is 33.8 Å². The topological polar surface area (TPSA) is 188 Å². The van der Waals surface area contributed by atoms with Gasteiger partial charge in [0.1, 0.15) is 29.4 Å². The number of thiophene rings is 1. The summed E-state index contributed by atoms with van der Waals surface area (Å²) in [5.74, 6) is -5.40. The number of Topliss-reactive ketones (excluding diaryl/α,β-unsaturated/α-hetero) is 1. The number of hydrogen-bond donors (Lipinski definition) is 2. The molecule has 3 saturated heterocycles. The molecular weight excluding hydrogens is 793 g/mol. The highest BCUT2D eigenvalue weighted by molar-refractivity contribution is 7.15. The molecule has 4 bridgehead atoms. The fraction of sp³-hybridized carbons (Fsp3) is 0.682. The summed E-state index contributed by atoms with van der Waals surface area (Å²) >= 11 is 1.51. The van der Waals surface area contributed by atoms with Crippen LogP contribution in [-0.2, 0) is 49.3 Å². The molecule has 15 nitrogen and oxygen atoms in total. The molecule has 14 atom stereocenters. The summed E-state index contributed by atoms with van der Waals surface area (Å²) in [6.07, 6.45) is -2.40. The Hall–Kier alpha value is -3.48. The maximum atomic E-state index is 14.5. The number of hydrogen-bond acceptors (Lipinski definition) is 15. The van der Waals surface area contributed by atoms with Gasteiger partial charge in [0.05, 0.1) is 37.1 Å². The number of amides is 1. The molecule has 1 amide bonds. The Bertz CT molecular complexity index is 1900. The molecular formula is C44H62N4O11S. The molecule has 60 heavy (non-hydrogen) atoms. The van der Waals surface area contributed by atoms with E-state index in [9.17, 15) is 24.6 Å². The molecule has 3 fully saturated rings. The number of aliphatic imine (C=N–C) groups is 1. The lowest BCUT2D eigenvalue weighted by molar-refractivity contribution is -0.296. The Labute approximate surface area is 356 Å². The van der Waals surface area contributed by atoms with Gasteiger partial charge >= 0.3 is 5.97 Å². The van der Waals surface area contributed by atoms with E-state index in [0.29, 0.717) is 12.1 Å². The van der Waals surface area contributed by atoms with Crippen molar-refractivity contribution in [3.63, 3.8) is 0 Å². The number of nitrogens with zero attached hydrogens (tertiary/aromatic N) is 4. The van der Waals surface area contributed by atoms with Crippen molar-refractivity contribution in [2.75, 3.05) is 27.3 Å². The van der Waals surface area contributed by atoms with E-state index in [1.54, 1.807) is 26.2 Å². The van der Waals surface area contributed by atoms with Gasteiger partial charge in [-0.3, -0.25) is 19.4 Å². The van der Waals surface area contributed by atoms with Gasteiger partial charge in [-0.15, -0.1) is 11.3 Å². The predicted molar refractivity (Wildman–Crippen MR) is 224 cm³/mol. The van der Waals surface area contributed by atoms with E-state index in [0.717, 1.165) is 15.3 Å². The molecule has 0 spiro atoms. The maximum absolute atomic E-state index is 14.5. The van der Waals surface area contributed by atoms with Crippen LogP contribution in [0.1, 0.15) is 79.5 Å². The Balaban J connectivity index is 1.48. The molecule has 0 radical (unpaired) electrons. The average molecular weight is 855 g/mol. The molecule has 4 aliphatic heterocycles. The lowest BCUT2D eigenvalue weighted by Gasteiger charge is -2.47. The van der Waals surface area contributed by atoms with Gasteiger partial charge in [-0.2, -0.15) is 0 Å². The van der Waals surface area contributed by atoms with Crippen molar-refractivity contribution >= 4 is 40.4 Å². The number of likely N-dealkylation sites (N-methyl/N-ethyl adjacent to an activating group) is 1. The van der Waals surface area contributed by atoms with Gasteiger partial charge in [-0.05, 0) is 85.2 Å². The largest absolute Gasteiger partial charge is 0.459 e. The van der Waals surface area contributed by atoms with E-state index in [2.05, 4.69) is 10.1 Å². The molecule has 2 aromatic rings. The predicted octanol–water partition coefficient (Wildman–Crippen LogP) is 4.65. The second-order valence-corrected chi connectivity index (χ2v) is 18.8. The lowest BCUT2D eigenvalue weighted by atomic mass is 9.73. The number of oxime groups is 1. The van der Waals surface area contributed by atoms with Crippen LogP contribution in [0.3, 0.4) is 0 Å². The lowest BCUT2D eigenvalue weighted by Crippen LogP contribution is -2.60. The van der Waals surface area contributed by atoms with Gasteiger partial charge in [0.15, 0.2) is 12.1 Å². The molecule has 4 aliphatic rings. The third kappa shape index (κ3) is 9.76. The first kappa shape index (κ1) is 46.0. The quantitative estimate of drug-likeness (QED) is 0.290. The minimum Gasteiger partial charge on any atom is -0.459 e. The molecule has 2 N–H and O–H groups in total. The fourth-order valence-electron chi connectivity index (χ4n) is 9.27. The Kier molecular flexibility index (Phi) is 14.5. The first-order valence-corrected chi connectivity index (χ1v) is 21.9. The van der Waals surface area contributed by atoms with Gasteiger partial charge in [0.25, 0.3) is 5.91 Å². The third-order valence-corrected chi connectivity index (χ3v) is 13.8. The van der Waals surface area contributed by atoms with Gasteiger partial charge in [-0.1, -0.05) is 38.9 Å². The number of rotatable bonds is 7. The number of carbonyl (C=O) groups excluding carboxylic acids is 3. The van der Waals surface area contributed by atoms with Crippen LogP contribution in [-0.4, -0.2) is 137 Å². The van der Waals surface area contributed by atoms with Crippen molar-refractivity contribution in [2.45, 2.75) is 141 Å². The first-order chi connectivity index (χ1) is 28.3. The van der Waals surface area contributed by atoms with E-state index >= 15 is 0 Å². The van der Waals surface area contributed by atoms with Gasteiger partial charge in [-0.25, -0.2) is 4.99 Å². The van der Waals surface area contributed by atoms with E-state index in [-0.39, 0.29) is 50.3 Å². The Morgan fingerprint density at radius 2 is 1.78 bits per heavy atom. The first-order valence-electron chi connectivity index (χ1n) is 21.0. The van der Waals surface area contributed by atoms with Crippen LogP contribution < -0.4 is 0 Å². The minimum absolute atomic E-state index is 0.157. The highest BCUT2D eigenvalue weighted by Crippen LogP contribution is 2.40. The molecule has 6 rings (SSSR count). The number of aliphatic hydroxyl groups excluding tert-OH is 1. The summed E-state index contributed by atoms with van der Waals surface area (Å²) < 4.78 is 32.5. The van der Waals surface area contributed by atoms with E-state index in [1.165, 1.54) is 25.2 Å². The van der Waals surface area contributed by atoms with Crippen molar-refractivity contribution < 1.29 is 53.1 Å². The zero-order valence-electron chi connectivity index (χ0n) is 36.4. The summed E-state index contributed by atoms with van der Waals surface area (Å²) in [4.78, 5) is 61.8. The Morgan fingerprint density at radius 1 is 1.03 bits per heavy atom. The zero-order valence-corrected chi connectivity index (χ0v) is 37.2. The van der Waals surface area contributed by atoms with E-state index in [1.807, 2.05) is 71.0 Å². The number of cyclic esters (lactones) is 1. The van der Waals surface area contributed by atoms with Crippen molar-refractivity contribution in [3.05, 3.63) is 41.5 Å². The molecule has 330 valence electrons. The highest BCUT2D eigenvalue weighted by atomic mass is 32.1. The third-order valence-electron chi connectivity index (χ3n) is 12.7. The second kappa shape index (κ2) is 18.9. The van der Waals surface area contributed by atoms with Crippen LogP contribution in [0.25, 0.3) is 10.4 Å². The van der Waals surface area contributed by atoms with Crippen molar-refractivity contribution in [1.29, 1.82) is 0 Å². The molecule has 6 heterocycles. The van der Waals surface area contributed by atoms with Gasteiger partial charge < -0.3 is 43.6 Å². The maximum Gasteiger partial charge on any atom is 0.316 e. The number of ketones is 1. The number of pyridine rings is 1. The summed E-state index contributed by atoms with van der Waals surface area (Å²) in [6, 6.07) is 7.44. The summed E-state index contributed by atoms with van der Waals surface area (Å²) in [7, 11) is 3.75. The van der Waals surface area contributed by atoms with Crippen molar-refractivity contribution in [3.8, 4) is 10.4 Å². The summed E-state index contributed by atoms with van der Waals surface area (Å²) in [5.41, 5.74) is -1.60. The monoisotopic (exact) mass is 854 g/mol. The molecule has 2 aromatic heterocycles. The second-order valence-electron chi connectivity index (χ2n) is 17.7. The van der Waals surface area contributed by atoms with Gasteiger partial charge in [0, 0.05) is 57.7 Å². The molecule has 0 aromatic carbocycles. The minimum atomic E-state index is -1.83. The molecule has 16 heteroatoms. The number of carbonyl (C=O) groups is 3. The van der Waals surface area contributed by atoms with Crippen LogP contribution in [0.5, 0.6) is 0 Å². The molecule has 0 aliphatic carbocycles. The van der Waals surface area contributed by atoms with Crippen LogP contribution in [0.4, 0.5) is 0 Å². The number of aromatic nitrogens is 1. The number of esters is 1. The van der Waals surface area contributed by atoms with Crippen LogP contribution >= 0.6 is 11.3 Å². The molecule has 0 saturated carbocycles. The normalized spacial score (nSPS) is 39.5. The van der Waals surface area contributed by atoms with E-state index in [4.69, 9.17) is 33.5 Å². The number of aliphatic hydroxyl groups is 2. The molecule has 1 unspecified atom stereocenters. The highest BCUT2D eigenvalue weighted by Gasteiger charge is 2.53. The standard InChI is InChI=1S/C44H62N4O11S/c1-11-34-44(8,53)39-25(4)35-23(2)19-43(7,38(26(5)36(49)27(6)41(52)57-34)58-42-37(50)31(48(9)10)17-24(3)56-42)55-22-29(21-54-39)47-59-32(40(51)46-35)18-30-14-15-33(60-30)28-13-12-16-45-20-28/h12-16,20,23-27,31-32,34,37-39,42,50,53H,11,17-19,21-22H2,1-10H3/b46-35?,47-29-/t23-,24-,25+,26+,27-,31+,32?,34-,37-,38-,39-,42+,43-,44-/m1/s1. The summed E-state index contributed by atoms with van der Waals surface area (Å²) in [5, 5.41) is 28.6. The average Bonchev–Trinajstić information content (AvgIpc) is 3.67. The smallest absolute Gasteiger partial charge is 0.316 e. The van der Waals surface area contributed by atoms with Crippen molar-refractivity contribution in [1.82, 2.24) is 9.88 Å².